The molecule has 1 heterocycles. The van der Waals surface area contributed by atoms with E-state index in [1.54, 1.807) is 6.07 Å². The van der Waals surface area contributed by atoms with Crippen molar-refractivity contribution in [2.24, 2.45) is 22.7 Å². The lowest BCUT2D eigenvalue weighted by atomic mass is 9.15. The van der Waals surface area contributed by atoms with Crippen LogP contribution < -0.4 is 4.74 Å². The van der Waals surface area contributed by atoms with Gasteiger partial charge in [0.2, 0.25) is 0 Å². The first-order valence-corrected chi connectivity index (χ1v) is 8.17. The second-order valence-corrected chi connectivity index (χ2v) is 8.36. The molecule has 2 spiro atoms. The van der Waals surface area contributed by atoms with E-state index in [1.165, 1.54) is 11.1 Å². The molecule has 3 saturated carbocycles. The molecule has 0 radical (unpaired) electrons. The maximum Gasteiger partial charge on any atom is 0.165 e. The summed E-state index contributed by atoms with van der Waals surface area (Å²) in [6.45, 7) is 4.82. The van der Waals surface area contributed by atoms with E-state index < -0.39 is 6.10 Å². The van der Waals surface area contributed by atoms with Gasteiger partial charge in [0.1, 0.15) is 6.10 Å². The Labute approximate surface area is 123 Å². The second-order valence-electron chi connectivity index (χ2n) is 8.36. The first-order chi connectivity index (χ1) is 9.97. The maximum atomic E-state index is 10.7. The zero-order valence-electron chi connectivity index (χ0n) is 12.4. The molecule has 21 heavy (non-hydrogen) atoms. The number of aliphatic hydroxyl groups is 1. The van der Waals surface area contributed by atoms with Crippen LogP contribution >= 0.6 is 0 Å². The molecular formula is C18H20O3. The topological polar surface area (TPSA) is 49.7 Å². The number of aliphatic hydroxyl groups excluding tert-OH is 1. The highest BCUT2D eigenvalue weighted by atomic mass is 16.5. The molecule has 3 heteroatoms. The van der Waals surface area contributed by atoms with Crippen molar-refractivity contribution in [2.45, 2.75) is 50.7 Å². The summed E-state index contributed by atoms with van der Waals surface area (Å²) in [5.41, 5.74) is 3.12. The first kappa shape index (κ1) is 11.4. The van der Waals surface area contributed by atoms with E-state index in [1.807, 2.05) is 0 Å². The predicted molar refractivity (Wildman–Crippen MR) is 76.3 cm³/mol. The van der Waals surface area contributed by atoms with E-state index in [0.717, 1.165) is 19.3 Å². The number of aromatic hydroxyl groups is 1. The molecule has 0 saturated heterocycles. The number of ether oxygens (including phenoxy) is 1. The Morgan fingerprint density at radius 1 is 1.33 bits per heavy atom. The van der Waals surface area contributed by atoms with Crippen molar-refractivity contribution in [3.63, 3.8) is 0 Å². The molecule has 110 valence electrons. The summed E-state index contributed by atoms with van der Waals surface area (Å²) in [5, 5.41) is 20.9. The van der Waals surface area contributed by atoms with Crippen LogP contribution in [-0.2, 0) is 11.8 Å². The van der Waals surface area contributed by atoms with Crippen LogP contribution in [0, 0.1) is 22.7 Å². The molecule has 5 aliphatic rings. The van der Waals surface area contributed by atoms with Crippen LogP contribution in [0.4, 0.5) is 0 Å². The highest BCUT2D eigenvalue weighted by Crippen LogP contribution is 2.91. The Balaban J connectivity index is 1.73. The summed E-state index contributed by atoms with van der Waals surface area (Å²) >= 11 is 0. The van der Waals surface area contributed by atoms with Crippen LogP contribution in [0.25, 0.3) is 0 Å². The second kappa shape index (κ2) is 2.71. The van der Waals surface area contributed by atoms with E-state index in [-0.39, 0.29) is 22.7 Å². The molecule has 2 N–H and O–H groups in total. The number of benzene rings is 1. The highest BCUT2D eigenvalue weighted by Gasteiger charge is 2.90. The summed E-state index contributed by atoms with van der Waals surface area (Å²) in [5.74, 6) is 2.31. The van der Waals surface area contributed by atoms with Crippen molar-refractivity contribution in [1.29, 1.82) is 0 Å². The number of hydrogen-bond acceptors (Lipinski definition) is 3. The summed E-state index contributed by atoms with van der Waals surface area (Å²) in [4.78, 5) is 0. The molecule has 7 atom stereocenters. The number of hydrogen-bond donors (Lipinski definition) is 2. The molecule has 3 fully saturated rings. The number of rotatable bonds is 0. The third-order valence-electron chi connectivity index (χ3n) is 8.53. The lowest BCUT2D eigenvalue weighted by Gasteiger charge is -2.88. The summed E-state index contributed by atoms with van der Waals surface area (Å²) < 4.78 is 6.15. The largest absolute Gasteiger partial charge is 0.504 e. The van der Waals surface area contributed by atoms with Crippen molar-refractivity contribution in [1.82, 2.24) is 0 Å². The van der Waals surface area contributed by atoms with Crippen molar-refractivity contribution < 1.29 is 14.9 Å². The van der Waals surface area contributed by atoms with Crippen molar-refractivity contribution in [3.05, 3.63) is 23.3 Å². The average Bonchev–Trinajstić information content (AvgIpc) is 2.83. The Morgan fingerprint density at radius 2 is 2.14 bits per heavy atom. The maximum absolute atomic E-state index is 10.7. The molecule has 0 aromatic heterocycles. The van der Waals surface area contributed by atoms with Crippen molar-refractivity contribution in [2.75, 3.05) is 0 Å². The molecule has 4 aliphatic carbocycles. The molecule has 3 nitrogen and oxygen atoms in total. The van der Waals surface area contributed by atoms with Crippen LogP contribution in [0.1, 0.15) is 37.8 Å². The highest BCUT2D eigenvalue weighted by molar-refractivity contribution is 5.65. The molecule has 2 bridgehead atoms. The van der Waals surface area contributed by atoms with Gasteiger partial charge in [0.15, 0.2) is 11.5 Å². The van der Waals surface area contributed by atoms with E-state index in [4.69, 9.17) is 4.74 Å². The summed E-state index contributed by atoms with van der Waals surface area (Å²) in [6, 6.07) is 3.85. The molecule has 1 aromatic carbocycles. The van der Waals surface area contributed by atoms with E-state index in [0.29, 0.717) is 23.0 Å². The van der Waals surface area contributed by atoms with E-state index in [2.05, 4.69) is 19.9 Å². The first-order valence-electron chi connectivity index (χ1n) is 8.17. The van der Waals surface area contributed by atoms with Gasteiger partial charge in [0, 0.05) is 11.0 Å². The van der Waals surface area contributed by atoms with Gasteiger partial charge in [0.25, 0.3) is 0 Å². The summed E-state index contributed by atoms with van der Waals surface area (Å²) in [7, 11) is 0. The number of phenolic OH excluding ortho intramolecular Hbond substituents is 1. The third-order valence-corrected chi connectivity index (χ3v) is 8.53. The van der Waals surface area contributed by atoms with Gasteiger partial charge in [0.05, 0.1) is 6.10 Å². The molecule has 1 aliphatic heterocycles. The average molecular weight is 284 g/mol. The fourth-order valence-electron chi connectivity index (χ4n) is 7.81. The minimum Gasteiger partial charge on any atom is -0.504 e. The van der Waals surface area contributed by atoms with Gasteiger partial charge in [-0.15, -0.1) is 0 Å². The Hall–Kier alpha value is -1.22. The lowest BCUT2D eigenvalue weighted by molar-refractivity contribution is -0.386. The van der Waals surface area contributed by atoms with Crippen LogP contribution in [0.3, 0.4) is 0 Å². The van der Waals surface area contributed by atoms with Gasteiger partial charge >= 0.3 is 0 Å². The summed E-state index contributed by atoms with van der Waals surface area (Å²) in [6.07, 6.45) is 2.57. The third kappa shape index (κ3) is 0.736. The van der Waals surface area contributed by atoms with Crippen LogP contribution in [0.5, 0.6) is 11.5 Å². The zero-order chi connectivity index (χ0) is 14.4. The van der Waals surface area contributed by atoms with Gasteiger partial charge in [-0.05, 0) is 53.6 Å². The van der Waals surface area contributed by atoms with E-state index >= 15 is 0 Å². The molecule has 4 unspecified atom stereocenters. The van der Waals surface area contributed by atoms with Gasteiger partial charge in [-0.2, -0.15) is 0 Å². The van der Waals surface area contributed by atoms with Gasteiger partial charge < -0.3 is 14.9 Å². The zero-order valence-corrected chi connectivity index (χ0v) is 12.4. The molecular weight excluding hydrogens is 264 g/mol. The SMILES string of the molecule is CC1[C@@H]2Cc3ccc(O)c4c3[C@@]35CC1(CC(O)C3O4)[C@@]25C. The minimum absolute atomic E-state index is 0.0382. The van der Waals surface area contributed by atoms with Crippen LogP contribution in [0.2, 0.25) is 0 Å². The number of phenols is 1. The van der Waals surface area contributed by atoms with Gasteiger partial charge in [-0.3, -0.25) is 0 Å². The lowest BCUT2D eigenvalue weighted by Crippen LogP contribution is -2.88. The Bertz CT molecular complexity index is 727. The molecule has 1 aromatic rings. The van der Waals surface area contributed by atoms with E-state index in [9.17, 15) is 10.2 Å². The van der Waals surface area contributed by atoms with Crippen molar-refractivity contribution in [3.8, 4) is 11.5 Å². The quantitative estimate of drug-likeness (QED) is 0.769. The van der Waals surface area contributed by atoms with Gasteiger partial charge in [-0.25, -0.2) is 0 Å². The van der Waals surface area contributed by atoms with Gasteiger partial charge in [-0.1, -0.05) is 19.9 Å². The Morgan fingerprint density at radius 3 is 2.95 bits per heavy atom. The van der Waals surface area contributed by atoms with Crippen LogP contribution in [-0.4, -0.2) is 22.4 Å². The smallest absolute Gasteiger partial charge is 0.165 e. The fourth-order valence-corrected chi connectivity index (χ4v) is 7.81. The predicted octanol–water partition coefficient (Wildman–Crippen LogP) is 2.37. The molecule has 0 amide bonds. The monoisotopic (exact) mass is 284 g/mol. The Kier molecular flexibility index (Phi) is 1.47. The standard InChI is InChI=1S/C18H20O3/c1-8-10-5-9-3-4-11(19)14-13(9)18-7-17(8,16(10,18)2)6-12(20)15(18)21-14/h3-4,8,10,12,15,19-20H,5-7H2,1-2H3/t8?,10-,12?,15?,16+,17?,18-/m0/s1. The van der Waals surface area contributed by atoms with Crippen LogP contribution in [0.15, 0.2) is 12.1 Å². The molecule has 6 rings (SSSR count). The van der Waals surface area contributed by atoms with Crippen molar-refractivity contribution >= 4 is 0 Å². The fraction of sp³-hybridized carbons (Fsp3) is 0.667. The minimum atomic E-state index is -0.395. The normalized spacial score (nSPS) is 56.9.